The fourth-order valence-electron chi connectivity index (χ4n) is 5.22. The highest BCUT2D eigenvalue weighted by Gasteiger charge is 2.34. The van der Waals surface area contributed by atoms with E-state index >= 15 is 0 Å². The molecule has 1 aromatic carbocycles. The molecule has 2 aromatic heterocycles. The van der Waals surface area contributed by atoms with Crippen molar-refractivity contribution >= 4 is 36.6 Å². The van der Waals surface area contributed by atoms with Crippen LogP contribution in [0.2, 0.25) is 0 Å². The Labute approximate surface area is 205 Å². The Bertz CT molecular complexity index is 1430. The maximum Gasteiger partial charge on any atom is 0.269 e. The number of nitrogens with one attached hydrogen (secondary N) is 1. The number of aliphatic hydroxyl groups excluding tert-OH is 1. The molecule has 3 aromatic rings. The Morgan fingerprint density at radius 2 is 1.80 bits per heavy atom. The molecule has 3 heterocycles. The van der Waals surface area contributed by atoms with Gasteiger partial charge in [0.1, 0.15) is 16.1 Å². The Balaban J connectivity index is 1.30. The molecule has 9 nitrogen and oxygen atoms in total. The van der Waals surface area contributed by atoms with Crippen molar-refractivity contribution < 1.29 is 21.9 Å². The highest BCUT2D eigenvalue weighted by Crippen LogP contribution is 2.38. The second-order valence-corrected chi connectivity index (χ2v) is 13.7. The van der Waals surface area contributed by atoms with Gasteiger partial charge in [-0.1, -0.05) is 31.0 Å². The predicted octanol–water partition coefficient (Wildman–Crippen LogP) is 2.98. The highest BCUT2D eigenvalue weighted by molar-refractivity contribution is 7.90. The summed E-state index contributed by atoms with van der Waals surface area (Å²) >= 11 is 0. The van der Waals surface area contributed by atoms with Gasteiger partial charge in [0.15, 0.2) is 5.65 Å². The van der Waals surface area contributed by atoms with Gasteiger partial charge >= 0.3 is 0 Å². The van der Waals surface area contributed by atoms with Crippen molar-refractivity contribution in [2.45, 2.75) is 49.8 Å². The van der Waals surface area contributed by atoms with Gasteiger partial charge in [0.25, 0.3) is 10.0 Å². The molecule has 1 unspecified atom stereocenters. The van der Waals surface area contributed by atoms with E-state index in [2.05, 4.69) is 10.4 Å². The number of rotatable bonds is 7. The molecule has 0 amide bonds. The van der Waals surface area contributed by atoms with Crippen LogP contribution in [0.15, 0.2) is 53.7 Å². The van der Waals surface area contributed by atoms with Crippen LogP contribution in [-0.4, -0.2) is 54.1 Å². The summed E-state index contributed by atoms with van der Waals surface area (Å²) in [5.41, 5.74) is 5.26. The third-order valence-electron chi connectivity index (χ3n) is 7.21. The number of sulfone groups is 1. The number of aromatic nitrogens is 2. The van der Waals surface area contributed by atoms with Crippen molar-refractivity contribution in [2.24, 2.45) is 11.8 Å². The van der Waals surface area contributed by atoms with Gasteiger partial charge in [0.05, 0.1) is 22.5 Å². The molecular formula is C24H30N4O5S2. The standard InChI is InChI=1S/C24H30N4O5S2/c1-34(30,31)14-12-17-7-9-18(10-8-17)24(29)27-16-21-20-11-13-28(23(20)25-15-22(21)26-27)35(32,33)19-5-3-2-4-6-19/h2-6,11,13,15,17-18,24,26,29H,7-10,12,14,16H2,1H3. The molecule has 0 bridgehead atoms. The SMILES string of the molecule is CS(=O)(=O)CCC1CCC(C(O)N2Cc3c(cnc4c3ccn4S(=O)(=O)c3ccccc3)N2)CC1. The van der Waals surface area contributed by atoms with Crippen LogP contribution in [-0.2, 0) is 26.4 Å². The third-order valence-corrected chi connectivity index (χ3v) is 9.87. The largest absolute Gasteiger partial charge is 0.376 e. The lowest BCUT2D eigenvalue weighted by molar-refractivity contribution is -0.0414. The normalized spacial score (nSPS) is 22.1. The Morgan fingerprint density at radius 3 is 2.49 bits per heavy atom. The van der Waals surface area contributed by atoms with E-state index in [9.17, 15) is 21.9 Å². The maximum atomic E-state index is 13.1. The quantitative estimate of drug-likeness (QED) is 0.490. The molecule has 1 atom stereocenters. The summed E-state index contributed by atoms with van der Waals surface area (Å²) in [6, 6.07) is 10.0. The van der Waals surface area contributed by atoms with E-state index in [1.807, 2.05) is 0 Å². The van der Waals surface area contributed by atoms with Gasteiger partial charge in [0, 0.05) is 35.9 Å². The minimum absolute atomic E-state index is 0.0813. The van der Waals surface area contributed by atoms with E-state index in [-0.39, 0.29) is 16.6 Å². The molecule has 2 N–H and O–H groups in total. The summed E-state index contributed by atoms with van der Waals surface area (Å²) in [7, 11) is -6.72. The number of hydrogen-bond donors (Lipinski definition) is 2. The first kappa shape index (κ1) is 24.2. The van der Waals surface area contributed by atoms with Crippen LogP contribution in [0.3, 0.4) is 0 Å². The highest BCUT2D eigenvalue weighted by atomic mass is 32.2. The summed E-state index contributed by atoms with van der Waals surface area (Å²) in [5.74, 6) is 0.682. The van der Waals surface area contributed by atoms with Crippen LogP contribution in [0.25, 0.3) is 11.0 Å². The van der Waals surface area contributed by atoms with E-state index in [4.69, 9.17) is 0 Å². The first-order chi connectivity index (χ1) is 16.6. The third kappa shape index (κ3) is 4.82. The van der Waals surface area contributed by atoms with Gasteiger partial charge < -0.3 is 10.5 Å². The smallest absolute Gasteiger partial charge is 0.269 e. The van der Waals surface area contributed by atoms with Crippen molar-refractivity contribution in [3.05, 3.63) is 54.4 Å². The average Bonchev–Trinajstić information content (AvgIpc) is 3.47. The van der Waals surface area contributed by atoms with Crippen LogP contribution in [0.4, 0.5) is 5.69 Å². The minimum atomic E-state index is -3.77. The molecule has 0 saturated heterocycles. The zero-order chi connectivity index (χ0) is 24.8. The van der Waals surface area contributed by atoms with Crippen LogP contribution in [0, 0.1) is 11.8 Å². The predicted molar refractivity (Wildman–Crippen MR) is 134 cm³/mol. The Hall–Kier alpha value is -2.47. The number of benzene rings is 1. The van der Waals surface area contributed by atoms with Crippen molar-refractivity contribution in [3.8, 4) is 0 Å². The number of hydrogen-bond acceptors (Lipinski definition) is 8. The fraction of sp³-hybridized carbons (Fsp3) is 0.458. The topological polar surface area (TPSA) is 122 Å². The number of aliphatic hydroxyl groups is 1. The molecule has 1 fully saturated rings. The lowest BCUT2D eigenvalue weighted by Crippen LogP contribution is -2.42. The number of anilines is 1. The summed E-state index contributed by atoms with van der Waals surface area (Å²) in [6.07, 6.45) is 7.88. The molecule has 1 saturated carbocycles. The van der Waals surface area contributed by atoms with E-state index < -0.39 is 26.1 Å². The van der Waals surface area contributed by atoms with Crippen LogP contribution in [0.5, 0.6) is 0 Å². The Morgan fingerprint density at radius 1 is 1.09 bits per heavy atom. The average molecular weight is 519 g/mol. The molecule has 11 heteroatoms. The van der Waals surface area contributed by atoms with Crippen LogP contribution < -0.4 is 5.43 Å². The van der Waals surface area contributed by atoms with E-state index in [0.29, 0.717) is 24.5 Å². The van der Waals surface area contributed by atoms with Crippen LogP contribution in [0.1, 0.15) is 37.7 Å². The van der Waals surface area contributed by atoms with Crippen molar-refractivity contribution in [1.82, 2.24) is 14.0 Å². The summed E-state index contributed by atoms with van der Waals surface area (Å²) in [5, 5.41) is 13.6. The van der Waals surface area contributed by atoms with Crippen molar-refractivity contribution in [2.75, 3.05) is 17.4 Å². The zero-order valence-corrected chi connectivity index (χ0v) is 21.2. The van der Waals surface area contributed by atoms with E-state index in [1.165, 1.54) is 16.4 Å². The maximum absolute atomic E-state index is 13.1. The minimum Gasteiger partial charge on any atom is -0.376 e. The lowest BCUT2D eigenvalue weighted by atomic mass is 9.80. The summed E-state index contributed by atoms with van der Waals surface area (Å²) < 4.78 is 50.4. The second kappa shape index (κ2) is 9.20. The molecule has 5 rings (SSSR count). The monoisotopic (exact) mass is 518 g/mol. The van der Waals surface area contributed by atoms with Gasteiger partial charge in [-0.3, -0.25) is 0 Å². The lowest BCUT2D eigenvalue weighted by Gasteiger charge is -2.35. The van der Waals surface area contributed by atoms with Gasteiger partial charge in [-0.15, -0.1) is 0 Å². The van der Waals surface area contributed by atoms with Gasteiger partial charge in [-0.25, -0.2) is 25.8 Å². The fourth-order valence-corrected chi connectivity index (χ4v) is 7.30. The van der Waals surface area contributed by atoms with Crippen LogP contribution >= 0.6 is 0 Å². The molecule has 0 spiro atoms. The van der Waals surface area contributed by atoms with Gasteiger partial charge in [0.2, 0.25) is 0 Å². The number of hydrazine groups is 1. The molecule has 35 heavy (non-hydrogen) atoms. The molecule has 188 valence electrons. The van der Waals surface area contributed by atoms with Crippen molar-refractivity contribution in [3.63, 3.8) is 0 Å². The summed E-state index contributed by atoms with van der Waals surface area (Å²) in [6.45, 7) is 0.429. The number of fused-ring (bicyclic) bond motifs is 3. The molecule has 0 radical (unpaired) electrons. The van der Waals surface area contributed by atoms with Gasteiger partial charge in [-0.05, 0) is 43.4 Å². The number of pyridine rings is 1. The van der Waals surface area contributed by atoms with Crippen molar-refractivity contribution in [1.29, 1.82) is 0 Å². The molecule has 2 aliphatic rings. The van der Waals surface area contributed by atoms with E-state index in [0.717, 1.165) is 42.3 Å². The number of nitrogens with zero attached hydrogens (tertiary/aromatic N) is 3. The molecule has 1 aliphatic carbocycles. The second-order valence-electron chi connectivity index (χ2n) is 9.67. The Kier molecular flexibility index (Phi) is 6.37. The first-order valence-corrected chi connectivity index (χ1v) is 15.3. The summed E-state index contributed by atoms with van der Waals surface area (Å²) in [4.78, 5) is 4.62. The van der Waals surface area contributed by atoms with Gasteiger partial charge in [-0.2, -0.15) is 5.01 Å². The molecule has 1 aliphatic heterocycles. The zero-order valence-electron chi connectivity index (χ0n) is 19.5. The van der Waals surface area contributed by atoms with E-state index in [1.54, 1.807) is 47.6 Å². The molecular weight excluding hydrogens is 488 g/mol. The first-order valence-electron chi connectivity index (χ1n) is 11.8.